The van der Waals surface area contributed by atoms with Gasteiger partial charge in [0.25, 0.3) is 0 Å². The first kappa shape index (κ1) is 21.8. The number of ether oxygens (including phenoxy) is 1. The molecule has 0 spiro atoms. The van der Waals surface area contributed by atoms with Gasteiger partial charge in [0, 0.05) is 18.8 Å². The number of nitrogens with one attached hydrogen (secondary N) is 1. The first-order valence-electron chi connectivity index (χ1n) is 8.82. The smallest absolute Gasteiger partial charge is 0.243 e. The molecule has 0 aromatic heterocycles. The molecule has 0 radical (unpaired) electrons. The number of rotatable bonds is 5. The van der Waals surface area contributed by atoms with Gasteiger partial charge in [-0.25, -0.2) is 12.8 Å². The molecule has 1 atom stereocenters. The van der Waals surface area contributed by atoms with E-state index < -0.39 is 21.8 Å². The second-order valence-electron chi connectivity index (χ2n) is 6.62. The molecule has 2 aromatic carbocycles. The van der Waals surface area contributed by atoms with E-state index in [0.29, 0.717) is 30.8 Å². The van der Waals surface area contributed by atoms with Crippen molar-refractivity contribution in [3.63, 3.8) is 0 Å². The molecule has 1 heterocycles. The highest BCUT2D eigenvalue weighted by Gasteiger charge is 2.33. The summed E-state index contributed by atoms with van der Waals surface area (Å²) >= 11 is 11.8. The van der Waals surface area contributed by atoms with E-state index in [2.05, 4.69) is 5.32 Å². The summed E-state index contributed by atoms with van der Waals surface area (Å²) in [4.78, 5) is 12.6. The minimum atomic E-state index is -3.82. The lowest BCUT2D eigenvalue weighted by atomic mass is 9.99. The molecule has 29 heavy (non-hydrogen) atoms. The SMILES string of the molecule is COc1ccc(S(=O)(=O)N2CCC[C@@H](C(=O)Nc3ccc(F)c(Cl)c3)C2)cc1Cl. The van der Waals surface area contributed by atoms with E-state index in [-0.39, 0.29) is 27.4 Å². The Bertz CT molecular complexity index is 1030. The van der Waals surface area contributed by atoms with Gasteiger partial charge in [-0.2, -0.15) is 4.31 Å². The number of nitrogens with zero attached hydrogens (tertiary/aromatic N) is 1. The number of hydrogen-bond acceptors (Lipinski definition) is 4. The van der Waals surface area contributed by atoms with E-state index in [4.69, 9.17) is 27.9 Å². The van der Waals surface area contributed by atoms with Gasteiger partial charge in [0.05, 0.1) is 28.0 Å². The summed E-state index contributed by atoms with van der Waals surface area (Å²) in [6.07, 6.45) is 1.07. The molecular weight excluding hydrogens is 442 g/mol. The number of carbonyl (C=O) groups is 1. The van der Waals surface area contributed by atoms with Crippen LogP contribution in [0.3, 0.4) is 0 Å². The summed E-state index contributed by atoms with van der Waals surface area (Å²) in [5, 5.41) is 2.75. The lowest BCUT2D eigenvalue weighted by Gasteiger charge is -2.31. The van der Waals surface area contributed by atoms with E-state index in [1.165, 1.54) is 41.7 Å². The van der Waals surface area contributed by atoms with Crippen LogP contribution in [0.2, 0.25) is 10.0 Å². The van der Waals surface area contributed by atoms with Crippen LogP contribution in [0.4, 0.5) is 10.1 Å². The Morgan fingerprint density at radius 3 is 2.62 bits per heavy atom. The summed E-state index contributed by atoms with van der Waals surface area (Å²) in [6.45, 7) is 0.338. The molecule has 1 saturated heterocycles. The average Bonchev–Trinajstić information content (AvgIpc) is 2.70. The number of halogens is 3. The Morgan fingerprint density at radius 2 is 1.97 bits per heavy atom. The summed E-state index contributed by atoms with van der Waals surface area (Å²) in [7, 11) is -2.38. The van der Waals surface area contributed by atoms with E-state index in [9.17, 15) is 17.6 Å². The fourth-order valence-electron chi connectivity index (χ4n) is 3.15. The van der Waals surface area contributed by atoms with Crippen molar-refractivity contribution in [3.8, 4) is 5.75 Å². The van der Waals surface area contributed by atoms with Gasteiger partial charge in [0.2, 0.25) is 15.9 Å². The molecule has 6 nitrogen and oxygen atoms in total. The number of amides is 1. The van der Waals surface area contributed by atoms with Crippen LogP contribution in [-0.2, 0) is 14.8 Å². The maximum Gasteiger partial charge on any atom is 0.243 e. The minimum Gasteiger partial charge on any atom is -0.495 e. The van der Waals surface area contributed by atoms with Crippen molar-refractivity contribution >= 4 is 44.8 Å². The Balaban J connectivity index is 1.74. The Hall–Kier alpha value is -1.87. The maximum atomic E-state index is 13.3. The first-order chi connectivity index (χ1) is 13.7. The Labute approximate surface area is 178 Å². The van der Waals surface area contributed by atoms with Gasteiger partial charge in [-0.1, -0.05) is 23.2 Å². The van der Waals surface area contributed by atoms with Gasteiger partial charge in [-0.15, -0.1) is 0 Å². The molecule has 0 unspecified atom stereocenters. The molecule has 1 aliphatic heterocycles. The van der Waals surface area contributed by atoms with Gasteiger partial charge in [-0.05, 0) is 49.2 Å². The molecule has 3 rings (SSSR count). The molecule has 1 aliphatic rings. The molecular formula is C19H19Cl2FN2O4S. The van der Waals surface area contributed by atoms with E-state index in [1.54, 1.807) is 0 Å². The molecule has 0 aliphatic carbocycles. The predicted molar refractivity (Wildman–Crippen MR) is 110 cm³/mol. The normalized spacial score (nSPS) is 17.7. The van der Waals surface area contributed by atoms with Crippen molar-refractivity contribution in [3.05, 3.63) is 52.3 Å². The van der Waals surface area contributed by atoms with Crippen LogP contribution in [0.5, 0.6) is 5.75 Å². The maximum absolute atomic E-state index is 13.3. The predicted octanol–water partition coefficient (Wildman–Crippen LogP) is 4.18. The highest BCUT2D eigenvalue weighted by molar-refractivity contribution is 7.89. The molecule has 156 valence electrons. The number of sulfonamides is 1. The van der Waals surface area contributed by atoms with Crippen molar-refractivity contribution in [1.29, 1.82) is 0 Å². The minimum absolute atomic E-state index is 0.0345. The average molecular weight is 461 g/mol. The van der Waals surface area contributed by atoms with Gasteiger partial charge in [-0.3, -0.25) is 4.79 Å². The Morgan fingerprint density at radius 1 is 1.21 bits per heavy atom. The molecule has 1 N–H and O–H groups in total. The van der Waals surface area contributed by atoms with Crippen molar-refractivity contribution in [2.24, 2.45) is 5.92 Å². The quantitative estimate of drug-likeness (QED) is 0.725. The van der Waals surface area contributed by atoms with E-state index >= 15 is 0 Å². The Kier molecular flexibility index (Phi) is 6.68. The zero-order valence-electron chi connectivity index (χ0n) is 15.5. The zero-order valence-corrected chi connectivity index (χ0v) is 17.8. The lowest BCUT2D eigenvalue weighted by molar-refractivity contribution is -0.120. The van der Waals surface area contributed by atoms with Gasteiger partial charge in [0.15, 0.2) is 0 Å². The van der Waals surface area contributed by atoms with Crippen LogP contribution < -0.4 is 10.1 Å². The summed E-state index contributed by atoms with van der Waals surface area (Å²) in [5.41, 5.74) is 0.350. The lowest BCUT2D eigenvalue weighted by Crippen LogP contribution is -2.43. The van der Waals surface area contributed by atoms with Gasteiger partial charge >= 0.3 is 0 Å². The third-order valence-corrected chi connectivity index (χ3v) is 7.15. The summed E-state index contributed by atoms with van der Waals surface area (Å²) in [5.74, 6) is -1.10. The van der Waals surface area contributed by atoms with Crippen molar-refractivity contribution in [1.82, 2.24) is 4.31 Å². The second kappa shape index (κ2) is 8.87. The summed E-state index contributed by atoms with van der Waals surface area (Å²) < 4.78 is 45.6. The van der Waals surface area contributed by atoms with Crippen LogP contribution in [0.25, 0.3) is 0 Å². The first-order valence-corrected chi connectivity index (χ1v) is 11.0. The fourth-order valence-corrected chi connectivity index (χ4v) is 5.20. The van der Waals surface area contributed by atoms with Gasteiger partial charge < -0.3 is 10.1 Å². The largest absolute Gasteiger partial charge is 0.495 e. The van der Waals surface area contributed by atoms with Crippen LogP contribution in [0, 0.1) is 11.7 Å². The van der Waals surface area contributed by atoms with E-state index in [0.717, 1.165) is 6.07 Å². The van der Waals surface area contributed by atoms with Crippen LogP contribution in [0.15, 0.2) is 41.3 Å². The summed E-state index contributed by atoms with van der Waals surface area (Å²) in [6, 6.07) is 8.11. The number of benzene rings is 2. The standard InChI is InChI=1S/C19H19Cl2FN2O4S/c1-28-18-7-5-14(10-16(18)21)29(26,27)24-8-2-3-12(11-24)19(25)23-13-4-6-17(22)15(20)9-13/h4-7,9-10,12H,2-3,8,11H2,1H3,(H,23,25)/t12-/m1/s1. The number of methoxy groups -OCH3 is 1. The molecule has 10 heteroatoms. The van der Waals surface area contributed by atoms with Crippen molar-refractivity contribution in [2.45, 2.75) is 17.7 Å². The fraction of sp³-hybridized carbons (Fsp3) is 0.316. The molecule has 0 bridgehead atoms. The monoisotopic (exact) mass is 460 g/mol. The van der Waals surface area contributed by atoms with Crippen LogP contribution in [0.1, 0.15) is 12.8 Å². The third kappa shape index (κ3) is 4.83. The van der Waals surface area contributed by atoms with Crippen molar-refractivity contribution in [2.75, 3.05) is 25.5 Å². The molecule has 1 amide bonds. The number of carbonyl (C=O) groups excluding carboxylic acids is 1. The highest BCUT2D eigenvalue weighted by Crippen LogP contribution is 2.30. The van der Waals surface area contributed by atoms with Gasteiger partial charge in [0.1, 0.15) is 11.6 Å². The number of anilines is 1. The topological polar surface area (TPSA) is 75.7 Å². The molecule has 0 saturated carbocycles. The molecule has 2 aromatic rings. The zero-order chi connectivity index (χ0) is 21.2. The molecule has 1 fully saturated rings. The highest BCUT2D eigenvalue weighted by atomic mass is 35.5. The third-order valence-electron chi connectivity index (χ3n) is 4.70. The number of piperidine rings is 1. The number of hydrogen-bond donors (Lipinski definition) is 1. The van der Waals surface area contributed by atoms with Crippen molar-refractivity contribution < 1.29 is 22.3 Å². The van der Waals surface area contributed by atoms with Crippen LogP contribution in [-0.4, -0.2) is 38.8 Å². The second-order valence-corrected chi connectivity index (χ2v) is 9.37. The van der Waals surface area contributed by atoms with Crippen LogP contribution >= 0.6 is 23.2 Å². The van der Waals surface area contributed by atoms with E-state index in [1.807, 2.05) is 0 Å².